The second-order valence-corrected chi connectivity index (χ2v) is 11.5. The Kier molecular flexibility index (Phi) is 8.22. The van der Waals surface area contributed by atoms with Crippen LogP contribution in [0.3, 0.4) is 0 Å². The Morgan fingerprint density at radius 2 is 1.33 bits per heavy atom. The molecule has 5 atom stereocenters. The lowest BCUT2D eigenvalue weighted by atomic mass is 9.78. The van der Waals surface area contributed by atoms with Crippen molar-refractivity contribution in [1.29, 1.82) is 0 Å². The van der Waals surface area contributed by atoms with Crippen LogP contribution in [-0.4, -0.2) is 62.2 Å². The highest BCUT2D eigenvalue weighted by Gasteiger charge is 2.48. The molecule has 0 saturated carbocycles. The summed E-state index contributed by atoms with van der Waals surface area (Å²) in [6.07, 6.45) is -8.57. The van der Waals surface area contributed by atoms with E-state index in [1.54, 1.807) is 12.1 Å². The second-order valence-electron chi connectivity index (χ2n) is 8.04. The van der Waals surface area contributed by atoms with E-state index in [9.17, 15) is 30.3 Å². The van der Waals surface area contributed by atoms with Crippen LogP contribution in [0.5, 0.6) is 11.5 Å². The standard InChI is InChI=1S/C21H20Br4O8/c1-21(2,7-3-9(22)13(26)10(23)4-7)8-5-11(24)17(12(25)6-8)32-20-16(29)14(27)15(28)18(33-20)19(30)31/h3-6,14-16,18,20,26-29H,1-2H3,(H,30,31)/t14-,15-,16+,18-,20+/m0/s1. The highest BCUT2D eigenvalue weighted by atomic mass is 79.9. The molecular weight excluding hydrogens is 700 g/mol. The average molecular weight is 720 g/mol. The van der Waals surface area contributed by atoms with Gasteiger partial charge in [0.15, 0.2) is 11.9 Å². The molecule has 0 spiro atoms. The number of carbonyl (C=O) groups is 1. The molecule has 1 fully saturated rings. The van der Waals surface area contributed by atoms with E-state index >= 15 is 0 Å². The van der Waals surface area contributed by atoms with Crippen molar-refractivity contribution in [2.75, 3.05) is 0 Å². The molecule has 2 aromatic rings. The number of aliphatic hydroxyl groups is 3. The normalized spacial score (nSPS) is 25.7. The number of phenolic OH excluding ortho intramolecular Hbond substituents is 1. The number of carboxylic acid groups (broad SMARTS) is 1. The molecule has 12 heteroatoms. The van der Waals surface area contributed by atoms with Crippen LogP contribution in [0.4, 0.5) is 0 Å². The van der Waals surface area contributed by atoms with E-state index in [1.807, 2.05) is 26.0 Å². The van der Waals surface area contributed by atoms with Crippen molar-refractivity contribution >= 4 is 69.7 Å². The number of benzene rings is 2. The molecule has 0 aliphatic carbocycles. The smallest absolute Gasteiger partial charge is 0.335 e. The summed E-state index contributed by atoms with van der Waals surface area (Å²) in [6.45, 7) is 3.99. The number of carboxylic acids is 1. The SMILES string of the molecule is CC(C)(c1cc(Br)c(O)c(Br)c1)c1cc(Br)c(O[C@@H]2O[C@H](C(=O)O)[C@@H](O)[C@H](O)[C@H]2O)c(Br)c1. The van der Waals surface area contributed by atoms with E-state index in [4.69, 9.17) is 9.47 Å². The van der Waals surface area contributed by atoms with Crippen molar-refractivity contribution in [1.82, 2.24) is 0 Å². The first-order valence-electron chi connectivity index (χ1n) is 9.52. The molecule has 0 unspecified atom stereocenters. The molecule has 33 heavy (non-hydrogen) atoms. The first-order valence-corrected chi connectivity index (χ1v) is 12.7. The number of hydrogen-bond donors (Lipinski definition) is 5. The van der Waals surface area contributed by atoms with E-state index in [0.717, 1.165) is 11.1 Å². The second kappa shape index (κ2) is 10.1. The fourth-order valence-electron chi connectivity index (χ4n) is 3.39. The Hall–Kier alpha value is -0.730. The predicted molar refractivity (Wildman–Crippen MR) is 132 cm³/mol. The van der Waals surface area contributed by atoms with Gasteiger partial charge in [0, 0.05) is 5.41 Å². The van der Waals surface area contributed by atoms with Crippen LogP contribution < -0.4 is 4.74 Å². The van der Waals surface area contributed by atoms with Gasteiger partial charge in [-0.25, -0.2) is 4.79 Å². The number of rotatable bonds is 5. The van der Waals surface area contributed by atoms with Gasteiger partial charge in [-0.3, -0.25) is 0 Å². The van der Waals surface area contributed by atoms with Crippen LogP contribution >= 0.6 is 63.7 Å². The number of aromatic hydroxyl groups is 1. The lowest BCUT2D eigenvalue weighted by Gasteiger charge is -2.38. The van der Waals surface area contributed by atoms with E-state index in [2.05, 4.69) is 63.7 Å². The number of aliphatic hydroxyl groups excluding tert-OH is 3. The van der Waals surface area contributed by atoms with E-state index < -0.39 is 42.1 Å². The van der Waals surface area contributed by atoms with Gasteiger partial charge in [0.2, 0.25) is 6.29 Å². The summed E-state index contributed by atoms with van der Waals surface area (Å²) in [4.78, 5) is 11.3. The molecule has 5 N–H and O–H groups in total. The minimum Gasteiger partial charge on any atom is -0.506 e. The quantitative estimate of drug-likeness (QED) is 0.313. The van der Waals surface area contributed by atoms with Gasteiger partial charge in [0.25, 0.3) is 0 Å². The topological polar surface area (TPSA) is 137 Å². The van der Waals surface area contributed by atoms with Gasteiger partial charge < -0.3 is 35.0 Å². The minimum atomic E-state index is -1.81. The Morgan fingerprint density at radius 1 is 0.879 bits per heavy atom. The van der Waals surface area contributed by atoms with E-state index in [0.29, 0.717) is 17.9 Å². The molecular formula is C21H20Br4O8. The van der Waals surface area contributed by atoms with Gasteiger partial charge in [0.05, 0.1) is 17.9 Å². The number of hydrogen-bond acceptors (Lipinski definition) is 7. The third-order valence-corrected chi connectivity index (χ3v) is 7.89. The summed E-state index contributed by atoms with van der Waals surface area (Å²) >= 11 is 13.6. The van der Waals surface area contributed by atoms with Gasteiger partial charge in [-0.15, -0.1) is 0 Å². The number of aliphatic carboxylic acids is 1. The first-order chi connectivity index (χ1) is 15.2. The molecule has 8 nitrogen and oxygen atoms in total. The predicted octanol–water partition coefficient (Wildman–Crippen LogP) is 4.04. The van der Waals surface area contributed by atoms with E-state index in [1.165, 1.54) is 0 Å². The summed E-state index contributed by atoms with van der Waals surface area (Å²) in [5.41, 5.74) is 1.25. The average Bonchev–Trinajstić information content (AvgIpc) is 2.73. The lowest BCUT2D eigenvalue weighted by molar-refractivity contribution is -0.271. The molecule has 2 aromatic carbocycles. The molecule has 1 heterocycles. The maximum Gasteiger partial charge on any atom is 0.335 e. The minimum absolute atomic E-state index is 0.0960. The molecule has 0 bridgehead atoms. The zero-order valence-corrected chi connectivity index (χ0v) is 23.5. The van der Waals surface area contributed by atoms with Crippen LogP contribution in [0.15, 0.2) is 42.2 Å². The molecule has 1 saturated heterocycles. The third-order valence-electron chi connectivity index (χ3n) is 5.51. The fourth-order valence-corrected chi connectivity index (χ4v) is 5.95. The van der Waals surface area contributed by atoms with E-state index in [-0.39, 0.29) is 11.5 Å². The van der Waals surface area contributed by atoms with Gasteiger partial charge in [0.1, 0.15) is 24.1 Å². The molecule has 1 aliphatic heterocycles. The van der Waals surface area contributed by atoms with Gasteiger partial charge in [-0.1, -0.05) is 13.8 Å². The maximum atomic E-state index is 11.3. The summed E-state index contributed by atoms with van der Waals surface area (Å²) in [7, 11) is 0. The van der Waals surface area contributed by atoms with Crippen LogP contribution in [0.1, 0.15) is 25.0 Å². The molecule has 0 radical (unpaired) electrons. The van der Waals surface area contributed by atoms with Crippen molar-refractivity contribution in [3.05, 3.63) is 53.3 Å². The van der Waals surface area contributed by atoms with Crippen molar-refractivity contribution in [3.8, 4) is 11.5 Å². The summed E-state index contributed by atoms with van der Waals surface area (Å²) in [6, 6.07) is 7.22. The number of ether oxygens (including phenoxy) is 2. The van der Waals surface area contributed by atoms with Crippen molar-refractivity contribution < 1.29 is 39.8 Å². The molecule has 180 valence electrons. The Labute approximate surface area is 223 Å². The van der Waals surface area contributed by atoms with Crippen LogP contribution in [0.2, 0.25) is 0 Å². The summed E-state index contributed by atoms with van der Waals surface area (Å²) in [5.74, 6) is -1.19. The fraction of sp³-hybridized carbons (Fsp3) is 0.381. The first kappa shape index (κ1) is 26.9. The summed E-state index contributed by atoms with van der Waals surface area (Å²) in [5, 5.41) is 49.4. The van der Waals surface area contributed by atoms with Gasteiger partial charge in [-0.05, 0) is 99.1 Å². The molecule has 1 aliphatic rings. The van der Waals surface area contributed by atoms with Crippen molar-refractivity contribution in [2.24, 2.45) is 0 Å². The number of phenols is 1. The molecule has 0 aromatic heterocycles. The monoisotopic (exact) mass is 716 g/mol. The zero-order chi connectivity index (χ0) is 24.8. The van der Waals surface area contributed by atoms with Gasteiger partial charge >= 0.3 is 5.97 Å². The third kappa shape index (κ3) is 5.27. The van der Waals surface area contributed by atoms with Crippen LogP contribution in [-0.2, 0) is 14.9 Å². The highest BCUT2D eigenvalue weighted by molar-refractivity contribution is 9.11. The Bertz CT molecular complexity index is 1030. The van der Waals surface area contributed by atoms with Crippen molar-refractivity contribution in [3.63, 3.8) is 0 Å². The molecule has 0 amide bonds. The van der Waals surface area contributed by atoms with Gasteiger partial charge in [-0.2, -0.15) is 0 Å². The zero-order valence-electron chi connectivity index (χ0n) is 17.2. The summed E-state index contributed by atoms with van der Waals surface area (Å²) < 4.78 is 12.9. The number of halogens is 4. The van der Waals surface area contributed by atoms with Crippen LogP contribution in [0.25, 0.3) is 0 Å². The van der Waals surface area contributed by atoms with Crippen LogP contribution in [0, 0.1) is 0 Å². The maximum absolute atomic E-state index is 11.3. The largest absolute Gasteiger partial charge is 0.506 e. The highest BCUT2D eigenvalue weighted by Crippen LogP contribution is 2.44. The molecule has 3 rings (SSSR count). The Balaban J connectivity index is 1.94. The lowest BCUT2D eigenvalue weighted by Crippen LogP contribution is -2.61. The van der Waals surface area contributed by atoms with Crippen molar-refractivity contribution in [2.45, 2.75) is 50.0 Å². The Morgan fingerprint density at radius 3 is 1.79 bits per heavy atom.